The maximum Gasteiger partial charge on any atom is 0.225 e. The summed E-state index contributed by atoms with van der Waals surface area (Å²) in [6.07, 6.45) is 1.44. The highest BCUT2D eigenvalue weighted by atomic mass is 35.5. The van der Waals surface area contributed by atoms with E-state index in [4.69, 9.17) is 22.4 Å². The molecular weight excluding hydrogens is 278 g/mol. The SMILES string of the molecule is Nc1cc(NC(=O)CCN2CCC(CO)C2)ccc1Cl. The number of carbonyl (C=O) groups is 1. The summed E-state index contributed by atoms with van der Waals surface area (Å²) in [4.78, 5) is 14.1. The van der Waals surface area contributed by atoms with Crippen LogP contribution >= 0.6 is 11.6 Å². The van der Waals surface area contributed by atoms with Crippen molar-refractivity contribution in [2.75, 3.05) is 37.3 Å². The van der Waals surface area contributed by atoms with Gasteiger partial charge < -0.3 is 21.1 Å². The summed E-state index contributed by atoms with van der Waals surface area (Å²) in [5.41, 5.74) is 6.80. The second-order valence-electron chi connectivity index (χ2n) is 5.17. The third-order valence-corrected chi connectivity index (χ3v) is 3.91. The van der Waals surface area contributed by atoms with E-state index in [1.54, 1.807) is 18.2 Å². The van der Waals surface area contributed by atoms with Crippen molar-refractivity contribution in [2.24, 2.45) is 5.92 Å². The normalized spacial score (nSPS) is 19.2. The summed E-state index contributed by atoms with van der Waals surface area (Å²) in [7, 11) is 0. The number of hydrogen-bond acceptors (Lipinski definition) is 4. The molecule has 4 N–H and O–H groups in total. The van der Waals surface area contributed by atoms with Crippen molar-refractivity contribution >= 4 is 28.9 Å². The lowest BCUT2D eigenvalue weighted by atomic mass is 10.1. The lowest BCUT2D eigenvalue weighted by Gasteiger charge is -2.15. The van der Waals surface area contributed by atoms with Gasteiger partial charge >= 0.3 is 0 Å². The average Bonchev–Trinajstić information content (AvgIpc) is 2.89. The molecule has 0 aromatic heterocycles. The Labute approximate surface area is 123 Å². The second kappa shape index (κ2) is 6.92. The first-order valence-electron chi connectivity index (χ1n) is 6.76. The first-order valence-corrected chi connectivity index (χ1v) is 7.14. The van der Waals surface area contributed by atoms with Crippen LogP contribution in [0.3, 0.4) is 0 Å². The number of rotatable bonds is 5. The zero-order chi connectivity index (χ0) is 14.5. The van der Waals surface area contributed by atoms with E-state index in [0.717, 1.165) is 19.5 Å². The molecule has 1 aliphatic rings. The van der Waals surface area contributed by atoms with Crippen molar-refractivity contribution in [2.45, 2.75) is 12.8 Å². The number of halogens is 1. The molecule has 1 unspecified atom stereocenters. The van der Waals surface area contributed by atoms with Gasteiger partial charge in [0.05, 0.1) is 10.7 Å². The van der Waals surface area contributed by atoms with Gasteiger partial charge in [0, 0.05) is 31.8 Å². The molecule has 1 fully saturated rings. The summed E-state index contributed by atoms with van der Waals surface area (Å²) >= 11 is 5.83. The molecule has 5 nitrogen and oxygen atoms in total. The molecule has 1 aromatic rings. The van der Waals surface area contributed by atoms with E-state index in [9.17, 15) is 4.79 Å². The third kappa shape index (κ3) is 4.10. The monoisotopic (exact) mass is 297 g/mol. The van der Waals surface area contributed by atoms with Gasteiger partial charge in [-0.3, -0.25) is 4.79 Å². The number of nitrogens with zero attached hydrogens (tertiary/aromatic N) is 1. The zero-order valence-corrected chi connectivity index (χ0v) is 12.1. The summed E-state index contributed by atoms with van der Waals surface area (Å²) in [6.45, 7) is 2.77. The molecule has 1 saturated heterocycles. The van der Waals surface area contributed by atoms with Crippen LogP contribution in [-0.4, -0.2) is 42.2 Å². The van der Waals surface area contributed by atoms with Crippen molar-refractivity contribution in [1.82, 2.24) is 4.90 Å². The number of carbonyl (C=O) groups excluding carboxylic acids is 1. The lowest BCUT2D eigenvalue weighted by molar-refractivity contribution is -0.116. The highest BCUT2D eigenvalue weighted by Crippen LogP contribution is 2.22. The van der Waals surface area contributed by atoms with Crippen molar-refractivity contribution in [3.63, 3.8) is 0 Å². The molecule has 20 heavy (non-hydrogen) atoms. The van der Waals surface area contributed by atoms with Crippen molar-refractivity contribution in [3.05, 3.63) is 23.2 Å². The maximum atomic E-state index is 11.9. The quantitative estimate of drug-likeness (QED) is 0.721. The summed E-state index contributed by atoms with van der Waals surface area (Å²) in [5.74, 6) is 0.313. The minimum absolute atomic E-state index is 0.0424. The van der Waals surface area contributed by atoms with E-state index < -0.39 is 0 Å². The molecule has 1 aliphatic heterocycles. The maximum absolute atomic E-state index is 11.9. The number of nitrogens with one attached hydrogen (secondary N) is 1. The van der Waals surface area contributed by atoms with Gasteiger partial charge in [0.1, 0.15) is 0 Å². The summed E-state index contributed by atoms with van der Waals surface area (Å²) in [6, 6.07) is 5.05. The van der Waals surface area contributed by atoms with Crippen LogP contribution in [0.5, 0.6) is 0 Å². The number of aliphatic hydroxyl groups is 1. The Kier molecular flexibility index (Phi) is 5.23. The molecule has 2 rings (SSSR count). The number of likely N-dealkylation sites (tertiary alicyclic amines) is 1. The van der Waals surface area contributed by atoms with Crippen molar-refractivity contribution < 1.29 is 9.90 Å². The van der Waals surface area contributed by atoms with Crippen LogP contribution in [-0.2, 0) is 4.79 Å². The highest BCUT2D eigenvalue weighted by molar-refractivity contribution is 6.33. The molecule has 1 atom stereocenters. The molecule has 1 amide bonds. The summed E-state index contributed by atoms with van der Waals surface area (Å²) < 4.78 is 0. The van der Waals surface area contributed by atoms with Gasteiger partial charge in [-0.2, -0.15) is 0 Å². The third-order valence-electron chi connectivity index (χ3n) is 3.56. The average molecular weight is 298 g/mol. The number of anilines is 2. The smallest absolute Gasteiger partial charge is 0.225 e. The number of hydrogen-bond donors (Lipinski definition) is 3. The fourth-order valence-electron chi connectivity index (χ4n) is 2.37. The highest BCUT2D eigenvalue weighted by Gasteiger charge is 2.21. The van der Waals surface area contributed by atoms with E-state index in [1.165, 1.54) is 0 Å². The van der Waals surface area contributed by atoms with Crippen LogP contribution < -0.4 is 11.1 Å². The Bertz CT molecular complexity index is 481. The second-order valence-corrected chi connectivity index (χ2v) is 5.58. The molecule has 1 aromatic carbocycles. The van der Waals surface area contributed by atoms with Crippen LogP contribution in [0.15, 0.2) is 18.2 Å². The van der Waals surface area contributed by atoms with Crippen LogP contribution in [0, 0.1) is 5.92 Å². The van der Waals surface area contributed by atoms with Gasteiger partial charge in [0.25, 0.3) is 0 Å². The molecule has 0 bridgehead atoms. The molecular formula is C14H20ClN3O2. The van der Waals surface area contributed by atoms with Gasteiger partial charge in [0.15, 0.2) is 0 Å². The fourth-order valence-corrected chi connectivity index (χ4v) is 2.49. The van der Waals surface area contributed by atoms with E-state index in [1.807, 2.05) is 0 Å². The molecule has 6 heteroatoms. The topological polar surface area (TPSA) is 78.6 Å². The Hall–Kier alpha value is -1.30. The number of nitrogen functional groups attached to an aromatic ring is 1. The molecule has 0 aliphatic carbocycles. The lowest BCUT2D eigenvalue weighted by Crippen LogP contribution is -2.26. The Morgan fingerprint density at radius 1 is 1.55 bits per heavy atom. The number of nitrogens with two attached hydrogens (primary N) is 1. The van der Waals surface area contributed by atoms with E-state index in [0.29, 0.717) is 35.3 Å². The molecule has 0 spiro atoms. The van der Waals surface area contributed by atoms with Crippen molar-refractivity contribution in [1.29, 1.82) is 0 Å². The standard InChI is InChI=1S/C14H20ClN3O2/c15-12-2-1-11(7-13(12)16)17-14(20)4-6-18-5-3-10(8-18)9-19/h1-2,7,10,19H,3-6,8-9,16H2,(H,17,20). The van der Waals surface area contributed by atoms with E-state index >= 15 is 0 Å². The Balaban J connectivity index is 1.76. The fraction of sp³-hybridized carbons (Fsp3) is 0.500. The first kappa shape index (κ1) is 15.1. The molecule has 0 saturated carbocycles. The van der Waals surface area contributed by atoms with E-state index in [2.05, 4.69) is 10.2 Å². The Morgan fingerprint density at radius 2 is 2.35 bits per heavy atom. The minimum atomic E-state index is -0.0424. The predicted octanol–water partition coefficient (Wildman–Crippen LogP) is 1.56. The predicted molar refractivity (Wildman–Crippen MR) is 80.7 cm³/mol. The number of benzene rings is 1. The molecule has 1 heterocycles. The van der Waals surface area contributed by atoms with Gasteiger partial charge in [-0.05, 0) is 37.1 Å². The van der Waals surface area contributed by atoms with Crippen LogP contribution in [0.25, 0.3) is 0 Å². The van der Waals surface area contributed by atoms with Crippen LogP contribution in [0.1, 0.15) is 12.8 Å². The zero-order valence-electron chi connectivity index (χ0n) is 11.3. The van der Waals surface area contributed by atoms with E-state index in [-0.39, 0.29) is 12.5 Å². The van der Waals surface area contributed by atoms with Gasteiger partial charge in [-0.25, -0.2) is 0 Å². The Morgan fingerprint density at radius 3 is 3.00 bits per heavy atom. The first-order chi connectivity index (χ1) is 9.58. The van der Waals surface area contributed by atoms with Crippen LogP contribution in [0.2, 0.25) is 5.02 Å². The van der Waals surface area contributed by atoms with Crippen LogP contribution in [0.4, 0.5) is 11.4 Å². The molecule has 0 radical (unpaired) electrons. The summed E-state index contributed by atoms with van der Waals surface area (Å²) in [5, 5.41) is 12.4. The minimum Gasteiger partial charge on any atom is -0.397 e. The molecule has 110 valence electrons. The van der Waals surface area contributed by atoms with Gasteiger partial charge in [0.2, 0.25) is 5.91 Å². The van der Waals surface area contributed by atoms with Gasteiger partial charge in [-0.1, -0.05) is 11.6 Å². The van der Waals surface area contributed by atoms with Gasteiger partial charge in [-0.15, -0.1) is 0 Å². The largest absolute Gasteiger partial charge is 0.397 e. The number of amides is 1. The number of aliphatic hydroxyl groups excluding tert-OH is 1. The van der Waals surface area contributed by atoms with Crippen molar-refractivity contribution in [3.8, 4) is 0 Å².